The number of halogens is 3. The van der Waals surface area contributed by atoms with E-state index in [0.717, 1.165) is 15.5 Å². The lowest BCUT2D eigenvalue weighted by molar-refractivity contribution is -0.140. The molecule has 0 aliphatic carbocycles. The lowest BCUT2D eigenvalue weighted by Gasteiger charge is -2.10. The van der Waals surface area contributed by atoms with Crippen LogP contribution in [0.15, 0.2) is 26.5 Å². The van der Waals surface area contributed by atoms with E-state index in [2.05, 4.69) is 10.1 Å². The Morgan fingerprint density at radius 2 is 2.00 bits per heavy atom. The van der Waals surface area contributed by atoms with E-state index in [0.29, 0.717) is 28.9 Å². The van der Waals surface area contributed by atoms with Gasteiger partial charge in [0.1, 0.15) is 12.3 Å². The first-order chi connectivity index (χ1) is 12.2. The summed E-state index contributed by atoms with van der Waals surface area (Å²) in [5, 5.41) is 3.74. The minimum atomic E-state index is -4.51. The van der Waals surface area contributed by atoms with Crippen LogP contribution in [-0.4, -0.2) is 30.0 Å². The van der Waals surface area contributed by atoms with E-state index in [1.807, 2.05) is 0 Å². The first-order valence-corrected chi connectivity index (χ1v) is 7.81. The molecule has 0 bridgehead atoms. The maximum atomic E-state index is 12.7. The lowest BCUT2D eigenvalue weighted by Crippen LogP contribution is -2.40. The van der Waals surface area contributed by atoms with Crippen LogP contribution in [0.4, 0.5) is 13.2 Å². The molecule has 0 fully saturated rings. The minimum Gasteiger partial charge on any atom is -0.361 e. The molecule has 0 aromatic carbocycles. The van der Waals surface area contributed by atoms with E-state index in [4.69, 9.17) is 4.52 Å². The third-order valence-electron chi connectivity index (χ3n) is 3.93. The summed E-state index contributed by atoms with van der Waals surface area (Å²) >= 11 is 0. The maximum Gasteiger partial charge on any atom is 0.406 e. The first kappa shape index (κ1) is 18.0. The van der Waals surface area contributed by atoms with E-state index in [9.17, 15) is 22.8 Å². The Bertz CT molecular complexity index is 1060. The molecule has 3 rings (SSSR count). The molecule has 0 N–H and O–H groups in total. The molecular weight excluding hydrogens is 355 g/mol. The average molecular weight is 371 g/mol. The van der Waals surface area contributed by atoms with E-state index in [-0.39, 0.29) is 17.7 Å². The fourth-order valence-corrected chi connectivity index (χ4v) is 2.78. The topological polar surface area (TPSA) is 87.9 Å². The summed E-state index contributed by atoms with van der Waals surface area (Å²) in [6.07, 6.45) is -2.76. The maximum absolute atomic E-state index is 12.7. The van der Waals surface area contributed by atoms with Crippen molar-refractivity contribution in [3.05, 3.63) is 44.7 Å². The van der Waals surface area contributed by atoms with Gasteiger partial charge in [-0.15, -0.1) is 0 Å². The highest BCUT2D eigenvalue weighted by molar-refractivity contribution is 5.69. The highest BCUT2D eigenvalue weighted by Crippen LogP contribution is 2.19. The molecule has 26 heavy (non-hydrogen) atoms. The van der Waals surface area contributed by atoms with Gasteiger partial charge in [0, 0.05) is 26.1 Å². The number of hydrogen-bond donors (Lipinski definition) is 0. The fourth-order valence-electron chi connectivity index (χ4n) is 2.78. The molecule has 0 unspecified atom stereocenters. The summed E-state index contributed by atoms with van der Waals surface area (Å²) in [6, 6.07) is 1.74. The van der Waals surface area contributed by atoms with Crippen LogP contribution in [0.3, 0.4) is 0 Å². The van der Waals surface area contributed by atoms with Gasteiger partial charge < -0.3 is 9.09 Å². The van der Waals surface area contributed by atoms with Crippen LogP contribution in [0.25, 0.3) is 11.2 Å². The van der Waals surface area contributed by atoms with E-state index in [1.165, 1.54) is 7.05 Å². The van der Waals surface area contributed by atoms with Crippen LogP contribution in [0, 0.1) is 6.92 Å². The van der Waals surface area contributed by atoms with Gasteiger partial charge >= 0.3 is 11.9 Å². The zero-order valence-corrected chi connectivity index (χ0v) is 14.1. The van der Waals surface area contributed by atoms with Gasteiger partial charge in [-0.3, -0.25) is 13.9 Å². The zero-order chi connectivity index (χ0) is 19.1. The Balaban J connectivity index is 1.95. The second kappa shape index (κ2) is 6.46. The first-order valence-electron chi connectivity index (χ1n) is 7.81. The molecule has 0 atom stereocenters. The van der Waals surface area contributed by atoms with Crippen molar-refractivity contribution in [2.75, 3.05) is 0 Å². The number of rotatable bonds is 5. The predicted octanol–water partition coefficient (Wildman–Crippen LogP) is 1.39. The molecule has 0 amide bonds. The molecule has 0 saturated heterocycles. The summed E-state index contributed by atoms with van der Waals surface area (Å²) < 4.78 is 45.9. The van der Waals surface area contributed by atoms with Gasteiger partial charge in [-0.25, -0.2) is 9.78 Å². The van der Waals surface area contributed by atoms with Crippen LogP contribution in [0.1, 0.15) is 17.9 Å². The van der Waals surface area contributed by atoms with Crippen LogP contribution >= 0.6 is 0 Å². The highest BCUT2D eigenvalue weighted by Gasteiger charge is 2.30. The van der Waals surface area contributed by atoms with Crippen molar-refractivity contribution in [2.45, 2.75) is 39.0 Å². The van der Waals surface area contributed by atoms with Crippen molar-refractivity contribution in [3.63, 3.8) is 0 Å². The number of aromatic nitrogens is 5. The largest absolute Gasteiger partial charge is 0.406 e. The highest BCUT2D eigenvalue weighted by atomic mass is 19.4. The van der Waals surface area contributed by atoms with Crippen LogP contribution < -0.4 is 11.2 Å². The normalized spacial score (nSPS) is 12.2. The number of imidazole rings is 1. The van der Waals surface area contributed by atoms with E-state index < -0.39 is 24.0 Å². The van der Waals surface area contributed by atoms with Crippen molar-refractivity contribution in [3.8, 4) is 0 Å². The van der Waals surface area contributed by atoms with Crippen molar-refractivity contribution in [1.29, 1.82) is 0 Å². The standard InChI is InChI=1S/C15H16F3N5O3/c1-9-6-10(26-20-9)4-3-5-23-13(24)11-12(21(2)14(23)25)19-8-22(11)7-15(16,17)18/h6,8H,3-5,7H2,1-2H3. The van der Waals surface area contributed by atoms with Crippen LogP contribution in [0.2, 0.25) is 0 Å². The molecule has 0 spiro atoms. The Labute approximate surface area is 144 Å². The monoisotopic (exact) mass is 371 g/mol. The SMILES string of the molecule is Cc1cc(CCCn2c(=O)c3c(ncn3CC(F)(F)F)n(C)c2=O)on1. The molecule has 140 valence electrons. The van der Waals surface area contributed by atoms with Gasteiger partial charge in [0.2, 0.25) is 0 Å². The van der Waals surface area contributed by atoms with Crippen LogP contribution in [-0.2, 0) is 26.6 Å². The number of hydrogen-bond acceptors (Lipinski definition) is 5. The quantitative estimate of drug-likeness (QED) is 0.676. The average Bonchev–Trinajstić information content (AvgIpc) is 3.13. The van der Waals surface area contributed by atoms with Crippen molar-refractivity contribution < 1.29 is 17.7 Å². The van der Waals surface area contributed by atoms with Gasteiger partial charge in [0.25, 0.3) is 5.56 Å². The molecule has 3 heterocycles. The van der Waals surface area contributed by atoms with E-state index >= 15 is 0 Å². The second-order valence-corrected chi connectivity index (χ2v) is 6.00. The third-order valence-corrected chi connectivity index (χ3v) is 3.93. The van der Waals surface area contributed by atoms with Gasteiger partial charge in [-0.2, -0.15) is 13.2 Å². The Morgan fingerprint density at radius 3 is 2.62 bits per heavy atom. The van der Waals surface area contributed by atoms with E-state index in [1.54, 1.807) is 13.0 Å². The van der Waals surface area contributed by atoms with Crippen molar-refractivity contribution in [1.82, 2.24) is 23.8 Å². The molecule has 3 aromatic rings. The Morgan fingerprint density at radius 1 is 1.27 bits per heavy atom. The Kier molecular flexibility index (Phi) is 4.46. The lowest BCUT2D eigenvalue weighted by atomic mass is 10.2. The molecule has 0 saturated carbocycles. The van der Waals surface area contributed by atoms with Gasteiger partial charge in [0.05, 0.1) is 12.0 Å². The zero-order valence-electron chi connectivity index (χ0n) is 14.1. The molecule has 0 radical (unpaired) electrons. The molecule has 8 nitrogen and oxygen atoms in total. The third kappa shape index (κ3) is 3.41. The second-order valence-electron chi connectivity index (χ2n) is 6.00. The minimum absolute atomic E-state index is 0.0401. The Hall–Kier alpha value is -2.85. The number of alkyl halides is 3. The van der Waals surface area contributed by atoms with Crippen LogP contribution in [0.5, 0.6) is 0 Å². The van der Waals surface area contributed by atoms with Gasteiger partial charge in [0.15, 0.2) is 11.2 Å². The summed E-state index contributed by atoms with van der Waals surface area (Å²) in [4.78, 5) is 28.7. The molecule has 3 aromatic heterocycles. The fraction of sp³-hybridized carbons (Fsp3) is 0.467. The number of nitrogens with zero attached hydrogens (tertiary/aromatic N) is 5. The molecule has 0 aliphatic heterocycles. The molecule has 0 aliphatic rings. The number of fused-ring (bicyclic) bond motifs is 1. The summed E-state index contributed by atoms with van der Waals surface area (Å²) in [5.41, 5.74) is -1.04. The predicted molar refractivity (Wildman–Crippen MR) is 84.9 cm³/mol. The van der Waals surface area contributed by atoms with Crippen molar-refractivity contribution in [2.24, 2.45) is 7.05 Å². The van der Waals surface area contributed by atoms with Gasteiger partial charge in [-0.1, -0.05) is 5.16 Å². The smallest absolute Gasteiger partial charge is 0.361 e. The molecule has 11 heteroatoms. The van der Waals surface area contributed by atoms with Crippen molar-refractivity contribution >= 4 is 11.2 Å². The number of aryl methyl sites for hydroxylation is 3. The summed E-state index contributed by atoms with van der Waals surface area (Å²) in [6.45, 7) is 0.454. The molecular formula is C15H16F3N5O3. The summed E-state index contributed by atoms with van der Waals surface area (Å²) in [7, 11) is 1.37. The summed E-state index contributed by atoms with van der Waals surface area (Å²) in [5.74, 6) is 0.607. The van der Waals surface area contributed by atoms with Gasteiger partial charge in [-0.05, 0) is 13.3 Å².